The zero-order valence-electron chi connectivity index (χ0n) is 11.4. The van der Waals surface area contributed by atoms with Crippen molar-refractivity contribution in [2.75, 3.05) is 13.2 Å². The van der Waals surface area contributed by atoms with Crippen LogP contribution in [0.1, 0.15) is 41.3 Å². The maximum absolute atomic E-state index is 12.4. The smallest absolute Gasteiger partial charge is 0.254 e. The van der Waals surface area contributed by atoms with Crippen LogP contribution in [-0.4, -0.2) is 35.1 Å². The van der Waals surface area contributed by atoms with Gasteiger partial charge in [0.25, 0.3) is 5.91 Å². The summed E-state index contributed by atoms with van der Waals surface area (Å²) in [5, 5.41) is 8.76. The van der Waals surface area contributed by atoms with Gasteiger partial charge in [-0.3, -0.25) is 4.79 Å². The van der Waals surface area contributed by atoms with E-state index in [9.17, 15) is 4.79 Å². The molecule has 1 N–H and O–H groups in total. The summed E-state index contributed by atoms with van der Waals surface area (Å²) in [6.07, 6.45) is 2.23. The van der Waals surface area contributed by atoms with Crippen molar-refractivity contribution in [1.29, 1.82) is 0 Å². The molecule has 0 heterocycles. The van der Waals surface area contributed by atoms with Gasteiger partial charge in [0.1, 0.15) is 6.61 Å². The molecule has 0 spiro atoms. The molecule has 100 valence electrons. The Morgan fingerprint density at radius 3 is 2.79 bits per heavy atom. The van der Waals surface area contributed by atoms with E-state index in [2.05, 4.69) is 11.8 Å². The van der Waals surface area contributed by atoms with Crippen LogP contribution in [0, 0.1) is 18.8 Å². The average molecular weight is 257 g/mol. The Balaban J connectivity index is 2.26. The third kappa shape index (κ3) is 3.15. The number of aliphatic hydroxyl groups excluding tert-OH is 1. The summed E-state index contributed by atoms with van der Waals surface area (Å²) in [6, 6.07) is 6.01. The molecule has 0 aromatic heterocycles. The Labute approximate surface area is 114 Å². The normalized spacial score (nSPS) is 13.6. The molecule has 1 aliphatic rings. The van der Waals surface area contributed by atoms with Gasteiger partial charge in [0.05, 0.1) is 0 Å². The van der Waals surface area contributed by atoms with E-state index >= 15 is 0 Å². The lowest BCUT2D eigenvalue weighted by Crippen LogP contribution is -2.32. The van der Waals surface area contributed by atoms with E-state index < -0.39 is 0 Å². The van der Waals surface area contributed by atoms with Gasteiger partial charge >= 0.3 is 0 Å². The van der Waals surface area contributed by atoms with Crippen LogP contribution in [-0.2, 0) is 0 Å². The molecule has 1 aromatic carbocycles. The Bertz CT molecular complexity index is 535. The first-order valence-corrected chi connectivity index (χ1v) is 6.68. The van der Waals surface area contributed by atoms with Gasteiger partial charge in [0.2, 0.25) is 0 Å². The molecule has 1 aliphatic carbocycles. The highest BCUT2D eigenvalue weighted by Gasteiger charge is 2.31. The fourth-order valence-corrected chi connectivity index (χ4v) is 2.14. The summed E-state index contributed by atoms with van der Waals surface area (Å²) in [4.78, 5) is 14.3. The lowest BCUT2D eigenvalue weighted by Gasteiger charge is -2.20. The molecule has 0 atom stereocenters. The van der Waals surface area contributed by atoms with Gasteiger partial charge in [-0.15, -0.1) is 0 Å². The first-order chi connectivity index (χ1) is 9.17. The van der Waals surface area contributed by atoms with Crippen molar-refractivity contribution < 1.29 is 9.90 Å². The topological polar surface area (TPSA) is 40.5 Å². The summed E-state index contributed by atoms with van der Waals surface area (Å²) in [7, 11) is 0. The fourth-order valence-electron chi connectivity index (χ4n) is 2.14. The molecular formula is C16H19NO2. The van der Waals surface area contributed by atoms with Crippen LogP contribution >= 0.6 is 0 Å². The van der Waals surface area contributed by atoms with Gasteiger partial charge in [-0.05, 0) is 44.4 Å². The third-order valence-electron chi connectivity index (χ3n) is 3.38. The molecule has 1 aromatic rings. The van der Waals surface area contributed by atoms with Crippen LogP contribution < -0.4 is 0 Å². The van der Waals surface area contributed by atoms with E-state index in [0.29, 0.717) is 11.6 Å². The average Bonchev–Trinajstić information content (AvgIpc) is 3.23. The zero-order chi connectivity index (χ0) is 13.8. The van der Waals surface area contributed by atoms with Gasteiger partial charge in [-0.1, -0.05) is 17.9 Å². The number of carbonyl (C=O) groups excluding carboxylic acids is 1. The third-order valence-corrected chi connectivity index (χ3v) is 3.38. The molecule has 1 fully saturated rings. The van der Waals surface area contributed by atoms with Gasteiger partial charge in [0.15, 0.2) is 0 Å². The lowest BCUT2D eigenvalue weighted by molar-refractivity contribution is 0.0752. The molecule has 1 amide bonds. The molecule has 0 unspecified atom stereocenters. The Hall–Kier alpha value is -1.79. The molecule has 0 radical (unpaired) electrons. The van der Waals surface area contributed by atoms with Crippen molar-refractivity contribution in [2.24, 2.45) is 0 Å². The van der Waals surface area contributed by atoms with Gasteiger partial charge in [0, 0.05) is 23.7 Å². The highest BCUT2D eigenvalue weighted by molar-refractivity contribution is 5.95. The molecular weight excluding hydrogens is 238 g/mol. The van der Waals surface area contributed by atoms with Gasteiger partial charge < -0.3 is 10.0 Å². The van der Waals surface area contributed by atoms with Crippen molar-refractivity contribution in [3.8, 4) is 11.8 Å². The number of amides is 1. The Kier molecular flexibility index (Phi) is 4.24. The molecule has 3 nitrogen and oxygen atoms in total. The van der Waals surface area contributed by atoms with Crippen LogP contribution in [0.25, 0.3) is 0 Å². The molecule has 0 aliphatic heterocycles. The summed E-state index contributed by atoms with van der Waals surface area (Å²) < 4.78 is 0. The van der Waals surface area contributed by atoms with E-state index in [4.69, 9.17) is 5.11 Å². The first-order valence-electron chi connectivity index (χ1n) is 6.68. The molecule has 0 bridgehead atoms. The van der Waals surface area contributed by atoms with Crippen molar-refractivity contribution in [1.82, 2.24) is 4.90 Å². The van der Waals surface area contributed by atoms with E-state index in [0.717, 1.165) is 30.5 Å². The summed E-state index contributed by atoms with van der Waals surface area (Å²) in [5.41, 5.74) is 2.51. The molecule has 19 heavy (non-hydrogen) atoms. The maximum atomic E-state index is 12.4. The SMILES string of the molecule is CCN(C(=O)c1ccc(C)c(C#CCO)c1)C1CC1. The highest BCUT2D eigenvalue weighted by Crippen LogP contribution is 2.28. The number of aliphatic hydroxyl groups is 1. The predicted molar refractivity (Wildman–Crippen MR) is 74.9 cm³/mol. The fraction of sp³-hybridized carbons (Fsp3) is 0.438. The second-order valence-corrected chi connectivity index (χ2v) is 4.81. The van der Waals surface area contributed by atoms with Crippen LogP contribution in [0.2, 0.25) is 0 Å². The Morgan fingerprint density at radius 2 is 2.21 bits per heavy atom. The summed E-state index contributed by atoms with van der Waals surface area (Å²) in [6.45, 7) is 4.54. The number of hydrogen-bond acceptors (Lipinski definition) is 2. The predicted octanol–water partition coefficient (Wildman–Crippen LogP) is 1.96. The number of hydrogen-bond donors (Lipinski definition) is 1. The van der Waals surface area contributed by atoms with Crippen molar-refractivity contribution >= 4 is 5.91 Å². The minimum atomic E-state index is -0.166. The maximum Gasteiger partial charge on any atom is 0.254 e. The number of carbonyl (C=O) groups is 1. The van der Waals surface area contributed by atoms with Gasteiger partial charge in [-0.2, -0.15) is 0 Å². The Morgan fingerprint density at radius 1 is 1.47 bits per heavy atom. The highest BCUT2D eigenvalue weighted by atomic mass is 16.2. The molecule has 3 heteroatoms. The van der Waals surface area contributed by atoms with Crippen LogP contribution in [0.15, 0.2) is 18.2 Å². The molecule has 2 rings (SSSR count). The molecule has 1 saturated carbocycles. The number of rotatable bonds is 3. The number of aryl methyl sites for hydroxylation is 1. The largest absolute Gasteiger partial charge is 0.384 e. The first kappa shape index (κ1) is 13.6. The number of benzene rings is 1. The number of nitrogens with zero attached hydrogens (tertiary/aromatic N) is 1. The summed E-state index contributed by atoms with van der Waals surface area (Å²) >= 11 is 0. The summed E-state index contributed by atoms with van der Waals surface area (Å²) in [5.74, 6) is 5.60. The van der Waals surface area contributed by atoms with Crippen molar-refractivity contribution in [2.45, 2.75) is 32.7 Å². The van der Waals surface area contributed by atoms with E-state index in [-0.39, 0.29) is 12.5 Å². The van der Waals surface area contributed by atoms with E-state index in [1.54, 1.807) is 0 Å². The van der Waals surface area contributed by atoms with E-state index in [1.807, 2.05) is 36.9 Å². The molecule has 0 saturated heterocycles. The lowest BCUT2D eigenvalue weighted by atomic mass is 10.0. The zero-order valence-corrected chi connectivity index (χ0v) is 11.4. The standard InChI is InChI=1S/C16H19NO2/c1-3-17(15-8-9-15)16(19)14-7-6-12(2)13(11-14)5-4-10-18/h6-7,11,15,18H,3,8-10H2,1-2H3. The second kappa shape index (κ2) is 5.90. The van der Waals surface area contributed by atoms with Gasteiger partial charge in [-0.25, -0.2) is 0 Å². The minimum Gasteiger partial charge on any atom is -0.384 e. The van der Waals surface area contributed by atoms with Crippen LogP contribution in [0.5, 0.6) is 0 Å². The van der Waals surface area contributed by atoms with Crippen LogP contribution in [0.4, 0.5) is 0 Å². The van der Waals surface area contributed by atoms with E-state index in [1.165, 1.54) is 0 Å². The monoisotopic (exact) mass is 257 g/mol. The van der Waals surface area contributed by atoms with Crippen molar-refractivity contribution in [3.05, 3.63) is 34.9 Å². The second-order valence-electron chi connectivity index (χ2n) is 4.81. The van der Waals surface area contributed by atoms with Crippen LogP contribution in [0.3, 0.4) is 0 Å². The quantitative estimate of drug-likeness (QED) is 0.841. The minimum absolute atomic E-state index is 0.0806. The van der Waals surface area contributed by atoms with Crippen molar-refractivity contribution in [3.63, 3.8) is 0 Å².